The largest absolute Gasteiger partial charge is 0.466 e. The van der Waals surface area contributed by atoms with Crippen molar-refractivity contribution >= 4 is 5.97 Å². The molecule has 0 spiro atoms. The molecular formula is C8H14O3. The third-order valence-electron chi connectivity index (χ3n) is 1.31. The van der Waals surface area contributed by atoms with Crippen molar-refractivity contribution < 1.29 is 14.6 Å². The Hall–Kier alpha value is -0.830. The van der Waals surface area contributed by atoms with Gasteiger partial charge in [0.1, 0.15) is 0 Å². The van der Waals surface area contributed by atoms with E-state index in [1.165, 1.54) is 19.3 Å². The number of rotatable bonds is 3. The number of hydrogen-bond donors (Lipinski definition) is 1. The van der Waals surface area contributed by atoms with Gasteiger partial charge in [0, 0.05) is 6.08 Å². The van der Waals surface area contributed by atoms with E-state index in [0.29, 0.717) is 0 Å². The predicted molar refractivity (Wildman–Crippen MR) is 42.0 cm³/mol. The predicted octanol–water partition coefficient (Wildman–Crippen LogP) is 0.732. The maximum absolute atomic E-state index is 10.5. The summed E-state index contributed by atoms with van der Waals surface area (Å²) in [6.07, 6.45) is 2.08. The molecule has 0 saturated carbocycles. The van der Waals surface area contributed by atoms with Crippen LogP contribution in [0.2, 0.25) is 0 Å². The van der Waals surface area contributed by atoms with Crippen molar-refractivity contribution in [3.63, 3.8) is 0 Å². The van der Waals surface area contributed by atoms with Crippen LogP contribution in [0.1, 0.15) is 13.8 Å². The van der Waals surface area contributed by atoms with Gasteiger partial charge in [-0.3, -0.25) is 0 Å². The number of esters is 1. The highest BCUT2D eigenvalue weighted by Crippen LogP contribution is 2.01. The van der Waals surface area contributed by atoms with E-state index in [-0.39, 0.29) is 5.92 Å². The molecule has 0 aliphatic carbocycles. The first-order chi connectivity index (χ1) is 5.07. The Bertz CT molecular complexity index is 149. The number of methoxy groups -OCH3 is 1. The van der Waals surface area contributed by atoms with Gasteiger partial charge in [-0.2, -0.15) is 0 Å². The van der Waals surface area contributed by atoms with Crippen molar-refractivity contribution in [3.05, 3.63) is 12.2 Å². The molecule has 0 radical (unpaired) electrons. The molecule has 0 heterocycles. The highest BCUT2D eigenvalue weighted by Gasteiger charge is 2.04. The molecule has 11 heavy (non-hydrogen) atoms. The quantitative estimate of drug-likeness (QED) is 0.486. The van der Waals surface area contributed by atoms with Gasteiger partial charge in [0.15, 0.2) is 0 Å². The molecule has 3 heteroatoms. The third-order valence-corrected chi connectivity index (χ3v) is 1.31. The van der Waals surface area contributed by atoms with Gasteiger partial charge in [-0.1, -0.05) is 13.8 Å². The average molecular weight is 158 g/mol. The average Bonchev–Trinajstić information content (AvgIpc) is 1.99. The summed E-state index contributed by atoms with van der Waals surface area (Å²) in [6.45, 7) is 3.73. The van der Waals surface area contributed by atoms with E-state index in [9.17, 15) is 9.90 Å². The SMILES string of the molecule is COC(=O)/C=C/[C@H](O)C(C)C. The van der Waals surface area contributed by atoms with Gasteiger partial charge in [-0.05, 0) is 12.0 Å². The fraction of sp³-hybridized carbons (Fsp3) is 0.625. The molecule has 0 fully saturated rings. The summed E-state index contributed by atoms with van der Waals surface area (Å²) in [5.74, 6) is -0.319. The van der Waals surface area contributed by atoms with Crippen molar-refractivity contribution in [1.29, 1.82) is 0 Å². The number of carbonyl (C=O) groups is 1. The van der Waals surface area contributed by atoms with Crippen LogP contribution in [0.4, 0.5) is 0 Å². The van der Waals surface area contributed by atoms with Gasteiger partial charge < -0.3 is 9.84 Å². The lowest BCUT2D eigenvalue weighted by atomic mass is 10.1. The fourth-order valence-electron chi connectivity index (χ4n) is 0.467. The second-order valence-corrected chi connectivity index (χ2v) is 2.62. The first-order valence-electron chi connectivity index (χ1n) is 3.52. The Kier molecular flexibility index (Phi) is 4.54. The number of ether oxygens (including phenoxy) is 1. The van der Waals surface area contributed by atoms with Gasteiger partial charge in [0.2, 0.25) is 0 Å². The molecule has 0 aliphatic heterocycles. The van der Waals surface area contributed by atoms with Crippen LogP contribution in [0.25, 0.3) is 0 Å². The summed E-state index contributed by atoms with van der Waals surface area (Å²) in [5, 5.41) is 9.18. The van der Waals surface area contributed by atoms with E-state index in [4.69, 9.17) is 0 Å². The Morgan fingerprint density at radius 2 is 2.09 bits per heavy atom. The van der Waals surface area contributed by atoms with Crippen molar-refractivity contribution in [1.82, 2.24) is 0 Å². The van der Waals surface area contributed by atoms with Gasteiger partial charge >= 0.3 is 5.97 Å². The first kappa shape index (κ1) is 10.2. The molecule has 0 aromatic rings. The van der Waals surface area contributed by atoms with Crippen LogP contribution in [0, 0.1) is 5.92 Å². The molecule has 1 atom stereocenters. The lowest BCUT2D eigenvalue weighted by Crippen LogP contribution is -2.11. The van der Waals surface area contributed by atoms with E-state index in [1.54, 1.807) is 0 Å². The zero-order valence-electron chi connectivity index (χ0n) is 7.07. The smallest absolute Gasteiger partial charge is 0.330 e. The fourth-order valence-corrected chi connectivity index (χ4v) is 0.467. The molecule has 3 nitrogen and oxygen atoms in total. The maximum Gasteiger partial charge on any atom is 0.330 e. The monoisotopic (exact) mass is 158 g/mol. The maximum atomic E-state index is 10.5. The molecule has 0 aliphatic rings. The van der Waals surface area contributed by atoms with Crippen LogP contribution in [0.5, 0.6) is 0 Å². The van der Waals surface area contributed by atoms with E-state index < -0.39 is 12.1 Å². The standard InChI is InChI=1S/C8H14O3/c1-6(2)7(9)4-5-8(10)11-3/h4-7,9H,1-3H3/b5-4+/t7-/m0/s1. The molecule has 64 valence electrons. The third kappa shape index (κ3) is 4.56. The second kappa shape index (κ2) is 4.91. The Morgan fingerprint density at radius 3 is 2.45 bits per heavy atom. The van der Waals surface area contributed by atoms with Crippen LogP contribution in [0.15, 0.2) is 12.2 Å². The lowest BCUT2D eigenvalue weighted by molar-refractivity contribution is -0.134. The van der Waals surface area contributed by atoms with Crippen LogP contribution < -0.4 is 0 Å². The van der Waals surface area contributed by atoms with Crippen LogP contribution in [-0.2, 0) is 9.53 Å². The molecule has 0 aromatic carbocycles. The summed E-state index contributed by atoms with van der Waals surface area (Å²) in [4.78, 5) is 10.5. The summed E-state index contributed by atoms with van der Waals surface area (Å²) in [5.41, 5.74) is 0. The minimum absolute atomic E-state index is 0.121. The van der Waals surface area contributed by atoms with Crippen molar-refractivity contribution in [2.24, 2.45) is 5.92 Å². The molecule has 0 bridgehead atoms. The molecule has 0 saturated heterocycles. The number of hydrogen-bond acceptors (Lipinski definition) is 3. The summed E-state index contributed by atoms with van der Waals surface area (Å²) < 4.78 is 4.34. The Labute approximate surface area is 66.7 Å². The summed E-state index contributed by atoms with van der Waals surface area (Å²) in [7, 11) is 1.30. The second-order valence-electron chi connectivity index (χ2n) is 2.62. The number of aliphatic hydroxyl groups excluding tert-OH is 1. The summed E-state index contributed by atoms with van der Waals surface area (Å²) >= 11 is 0. The Morgan fingerprint density at radius 1 is 1.55 bits per heavy atom. The van der Waals surface area contributed by atoms with Gasteiger partial charge in [-0.25, -0.2) is 4.79 Å². The number of aliphatic hydroxyl groups is 1. The van der Waals surface area contributed by atoms with E-state index in [1.807, 2.05) is 13.8 Å². The van der Waals surface area contributed by atoms with Crippen molar-refractivity contribution in [2.75, 3.05) is 7.11 Å². The van der Waals surface area contributed by atoms with Crippen LogP contribution in [0.3, 0.4) is 0 Å². The van der Waals surface area contributed by atoms with Gasteiger partial charge in [0.05, 0.1) is 13.2 Å². The highest BCUT2D eigenvalue weighted by molar-refractivity contribution is 5.81. The first-order valence-corrected chi connectivity index (χ1v) is 3.52. The van der Waals surface area contributed by atoms with E-state index in [2.05, 4.69) is 4.74 Å². The Balaban J connectivity index is 3.82. The minimum Gasteiger partial charge on any atom is -0.466 e. The van der Waals surface area contributed by atoms with Crippen LogP contribution in [-0.4, -0.2) is 24.3 Å². The van der Waals surface area contributed by atoms with Gasteiger partial charge in [0.25, 0.3) is 0 Å². The number of carbonyl (C=O) groups excluding carboxylic acids is 1. The zero-order chi connectivity index (χ0) is 8.85. The van der Waals surface area contributed by atoms with E-state index >= 15 is 0 Å². The molecule has 1 N–H and O–H groups in total. The topological polar surface area (TPSA) is 46.5 Å². The summed E-state index contributed by atoms with van der Waals surface area (Å²) in [6, 6.07) is 0. The normalized spacial score (nSPS) is 13.9. The lowest BCUT2D eigenvalue weighted by Gasteiger charge is -2.07. The zero-order valence-corrected chi connectivity index (χ0v) is 7.07. The molecule has 0 rings (SSSR count). The minimum atomic E-state index is -0.575. The molecule has 0 unspecified atom stereocenters. The van der Waals surface area contributed by atoms with Crippen molar-refractivity contribution in [2.45, 2.75) is 20.0 Å². The molecular weight excluding hydrogens is 144 g/mol. The van der Waals surface area contributed by atoms with E-state index in [0.717, 1.165) is 0 Å². The van der Waals surface area contributed by atoms with Crippen LogP contribution >= 0.6 is 0 Å². The molecule has 0 amide bonds. The van der Waals surface area contributed by atoms with Crippen molar-refractivity contribution in [3.8, 4) is 0 Å². The highest BCUT2D eigenvalue weighted by atomic mass is 16.5. The molecule has 0 aromatic heterocycles. The van der Waals surface area contributed by atoms with Gasteiger partial charge in [-0.15, -0.1) is 0 Å².